The first-order valence-electron chi connectivity index (χ1n) is 8.65. The van der Waals surface area contributed by atoms with Crippen molar-refractivity contribution in [3.8, 4) is 23.0 Å². The molecule has 1 aliphatic heterocycles. The summed E-state index contributed by atoms with van der Waals surface area (Å²) in [4.78, 5) is 24.1. The van der Waals surface area contributed by atoms with Crippen molar-refractivity contribution in [3.05, 3.63) is 42.0 Å². The molecule has 8 heteroatoms. The summed E-state index contributed by atoms with van der Waals surface area (Å²) >= 11 is 0. The number of hydrogen-bond acceptors (Lipinski definition) is 7. The molecule has 3 rings (SSSR count). The first-order chi connectivity index (χ1) is 13.5. The van der Waals surface area contributed by atoms with Crippen LogP contribution in [0.5, 0.6) is 23.0 Å². The van der Waals surface area contributed by atoms with Gasteiger partial charge in [0.05, 0.1) is 19.8 Å². The fourth-order valence-electron chi connectivity index (χ4n) is 2.62. The van der Waals surface area contributed by atoms with E-state index in [0.717, 1.165) is 0 Å². The Hall–Kier alpha value is -3.42. The zero-order valence-electron chi connectivity index (χ0n) is 15.8. The molecule has 0 bridgehead atoms. The predicted octanol–water partition coefficient (Wildman–Crippen LogP) is 2.66. The molecular formula is C20H21NO7. The number of methoxy groups -OCH3 is 2. The van der Waals surface area contributed by atoms with Crippen LogP contribution in [0.3, 0.4) is 0 Å². The smallest absolute Gasteiger partial charge is 0.337 e. The summed E-state index contributed by atoms with van der Waals surface area (Å²) in [6.45, 7) is 2.58. The molecule has 0 spiro atoms. The molecule has 0 aliphatic carbocycles. The maximum atomic E-state index is 12.5. The van der Waals surface area contributed by atoms with Gasteiger partial charge in [0.15, 0.2) is 29.1 Å². The van der Waals surface area contributed by atoms with Crippen LogP contribution in [-0.2, 0) is 9.53 Å². The van der Waals surface area contributed by atoms with Crippen molar-refractivity contribution >= 4 is 17.6 Å². The van der Waals surface area contributed by atoms with Crippen LogP contribution in [0.25, 0.3) is 0 Å². The summed E-state index contributed by atoms with van der Waals surface area (Å²) < 4.78 is 26.6. The van der Waals surface area contributed by atoms with E-state index in [4.69, 9.17) is 18.9 Å². The standard InChI is InChI=1S/C20H21NO7/c1-12(28-16-6-4-13(20(23)25-3)10-17(16)24-2)19(22)21-14-5-7-15-18(11-14)27-9-8-26-15/h4-7,10-12H,8-9H2,1-3H3,(H,21,22)/t12-/m1/s1. The molecule has 0 unspecified atom stereocenters. The molecule has 2 aromatic rings. The highest BCUT2D eigenvalue weighted by Gasteiger charge is 2.20. The van der Waals surface area contributed by atoms with Crippen LogP contribution in [-0.4, -0.2) is 45.4 Å². The highest BCUT2D eigenvalue weighted by molar-refractivity contribution is 5.94. The second-order valence-electron chi connectivity index (χ2n) is 5.96. The number of benzene rings is 2. The van der Waals surface area contributed by atoms with E-state index in [0.29, 0.717) is 47.5 Å². The Labute approximate surface area is 162 Å². The van der Waals surface area contributed by atoms with Gasteiger partial charge in [0.2, 0.25) is 0 Å². The van der Waals surface area contributed by atoms with Crippen molar-refractivity contribution in [1.29, 1.82) is 0 Å². The van der Waals surface area contributed by atoms with Gasteiger partial charge in [-0.25, -0.2) is 4.79 Å². The van der Waals surface area contributed by atoms with E-state index in [1.807, 2.05) is 0 Å². The van der Waals surface area contributed by atoms with Gasteiger partial charge in [-0.1, -0.05) is 0 Å². The van der Waals surface area contributed by atoms with Crippen molar-refractivity contribution in [3.63, 3.8) is 0 Å². The van der Waals surface area contributed by atoms with Crippen LogP contribution >= 0.6 is 0 Å². The van der Waals surface area contributed by atoms with E-state index in [-0.39, 0.29) is 5.91 Å². The van der Waals surface area contributed by atoms with Gasteiger partial charge in [-0.15, -0.1) is 0 Å². The molecule has 0 saturated heterocycles. The van der Waals surface area contributed by atoms with Crippen LogP contribution in [0.15, 0.2) is 36.4 Å². The summed E-state index contributed by atoms with van der Waals surface area (Å²) in [6.07, 6.45) is -0.814. The van der Waals surface area contributed by atoms with Crippen molar-refractivity contribution in [2.24, 2.45) is 0 Å². The highest BCUT2D eigenvalue weighted by atomic mass is 16.6. The minimum atomic E-state index is -0.814. The zero-order valence-corrected chi connectivity index (χ0v) is 15.8. The van der Waals surface area contributed by atoms with E-state index in [1.54, 1.807) is 31.2 Å². The van der Waals surface area contributed by atoms with Gasteiger partial charge in [0.25, 0.3) is 5.91 Å². The predicted molar refractivity (Wildman–Crippen MR) is 100 cm³/mol. The molecule has 1 aliphatic rings. The maximum absolute atomic E-state index is 12.5. The molecule has 0 aromatic heterocycles. The number of hydrogen-bond donors (Lipinski definition) is 1. The third kappa shape index (κ3) is 4.28. The molecule has 0 fully saturated rings. The Balaban J connectivity index is 1.68. The topological polar surface area (TPSA) is 92.3 Å². The molecule has 1 atom stereocenters. The number of nitrogens with one attached hydrogen (secondary N) is 1. The first-order valence-corrected chi connectivity index (χ1v) is 8.65. The van der Waals surface area contributed by atoms with Gasteiger partial charge in [0, 0.05) is 11.8 Å². The SMILES string of the molecule is COC(=O)c1ccc(O[C@H](C)C(=O)Nc2ccc3c(c2)OCCO3)c(OC)c1. The number of esters is 1. The number of anilines is 1. The highest BCUT2D eigenvalue weighted by Crippen LogP contribution is 2.33. The summed E-state index contributed by atoms with van der Waals surface area (Å²) in [7, 11) is 2.74. The largest absolute Gasteiger partial charge is 0.493 e. The van der Waals surface area contributed by atoms with E-state index in [9.17, 15) is 9.59 Å². The number of fused-ring (bicyclic) bond motifs is 1. The average molecular weight is 387 g/mol. The van der Waals surface area contributed by atoms with Gasteiger partial charge in [-0.2, -0.15) is 0 Å². The Morgan fingerprint density at radius 1 is 1.00 bits per heavy atom. The molecule has 1 N–H and O–H groups in total. The van der Waals surface area contributed by atoms with E-state index in [1.165, 1.54) is 26.4 Å². The second-order valence-corrected chi connectivity index (χ2v) is 5.96. The minimum absolute atomic E-state index is 0.320. The van der Waals surface area contributed by atoms with Crippen molar-refractivity contribution < 1.29 is 33.3 Å². The fraction of sp³-hybridized carbons (Fsp3) is 0.300. The third-order valence-electron chi connectivity index (χ3n) is 4.07. The minimum Gasteiger partial charge on any atom is -0.493 e. The van der Waals surface area contributed by atoms with Crippen molar-refractivity contribution in [2.75, 3.05) is 32.8 Å². The van der Waals surface area contributed by atoms with Crippen LogP contribution in [0.4, 0.5) is 5.69 Å². The number of ether oxygens (including phenoxy) is 5. The summed E-state index contributed by atoms with van der Waals surface area (Å²) in [6, 6.07) is 9.75. The van der Waals surface area contributed by atoms with Gasteiger partial charge in [0.1, 0.15) is 13.2 Å². The van der Waals surface area contributed by atoms with Gasteiger partial charge < -0.3 is 29.0 Å². The molecule has 148 valence electrons. The molecular weight excluding hydrogens is 366 g/mol. The average Bonchev–Trinajstić information content (AvgIpc) is 2.73. The Bertz CT molecular complexity index is 881. The molecule has 8 nitrogen and oxygen atoms in total. The van der Waals surface area contributed by atoms with Gasteiger partial charge in [-0.3, -0.25) is 4.79 Å². The van der Waals surface area contributed by atoms with Crippen molar-refractivity contribution in [2.45, 2.75) is 13.0 Å². The lowest BCUT2D eigenvalue weighted by Crippen LogP contribution is -2.30. The van der Waals surface area contributed by atoms with E-state index in [2.05, 4.69) is 10.1 Å². The fourth-order valence-corrected chi connectivity index (χ4v) is 2.62. The zero-order chi connectivity index (χ0) is 20.1. The van der Waals surface area contributed by atoms with Crippen LogP contribution < -0.4 is 24.3 Å². The van der Waals surface area contributed by atoms with E-state index >= 15 is 0 Å². The van der Waals surface area contributed by atoms with Crippen molar-refractivity contribution in [1.82, 2.24) is 0 Å². The Kier molecular flexibility index (Phi) is 5.88. The second kappa shape index (κ2) is 8.51. The molecule has 28 heavy (non-hydrogen) atoms. The maximum Gasteiger partial charge on any atom is 0.337 e. The number of amides is 1. The summed E-state index contributed by atoms with van der Waals surface area (Å²) in [5, 5.41) is 2.77. The van der Waals surface area contributed by atoms with Crippen LogP contribution in [0.2, 0.25) is 0 Å². The number of rotatable bonds is 6. The monoisotopic (exact) mass is 387 g/mol. The van der Waals surface area contributed by atoms with E-state index < -0.39 is 12.1 Å². The normalized spacial score (nSPS) is 13.2. The lowest BCUT2D eigenvalue weighted by Gasteiger charge is -2.20. The lowest BCUT2D eigenvalue weighted by atomic mass is 10.2. The van der Waals surface area contributed by atoms with Crippen LogP contribution in [0, 0.1) is 0 Å². The summed E-state index contributed by atoms with van der Waals surface area (Å²) in [5.74, 6) is 1.04. The third-order valence-corrected chi connectivity index (χ3v) is 4.07. The van der Waals surface area contributed by atoms with Gasteiger partial charge >= 0.3 is 5.97 Å². The summed E-state index contributed by atoms with van der Waals surface area (Å²) in [5.41, 5.74) is 0.887. The molecule has 1 amide bonds. The number of carbonyl (C=O) groups excluding carboxylic acids is 2. The quantitative estimate of drug-likeness (QED) is 0.762. The molecule has 1 heterocycles. The molecule has 2 aromatic carbocycles. The molecule has 0 radical (unpaired) electrons. The number of carbonyl (C=O) groups is 2. The lowest BCUT2D eigenvalue weighted by molar-refractivity contribution is -0.122. The molecule has 0 saturated carbocycles. The van der Waals surface area contributed by atoms with Gasteiger partial charge in [-0.05, 0) is 37.3 Å². The Morgan fingerprint density at radius 2 is 1.75 bits per heavy atom. The Morgan fingerprint density at radius 3 is 2.46 bits per heavy atom. The van der Waals surface area contributed by atoms with Crippen LogP contribution in [0.1, 0.15) is 17.3 Å². The first kappa shape index (κ1) is 19.3.